The summed E-state index contributed by atoms with van der Waals surface area (Å²) in [5, 5.41) is 0. The van der Waals surface area contributed by atoms with Gasteiger partial charge in [0.05, 0.1) is 6.10 Å². The fourth-order valence-electron chi connectivity index (χ4n) is 2.06. The first-order valence-electron chi connectivity index (χ1n) is 5.35. The van der Waals surface area contributed by atoms with Gasteiger partial charge in [0.15, 0.2) is 0 Å². The maximum atomic E-state index is 5.24. The van der Waals surface area contributed by atoms with Gasteiger partial charge in [0.25, 0.3) is 0 Å². The fraction of sp³-hybridized carbons (Fsp3) is 1.00. The Morgan fingerprint density at radius 2 is 1.92 bits per heavy atom. The van der Waals surface area contributed by atoms with Crippen LogP contribution in [0.4, 0.5) is 0 Å². The third kappa shape index (κ3) is 3.57. The summed E-state index contributed by atoms with van der Waals surface area (Å²) in [6.07, 6.45) is 10.4. The van der Waals surface area contributed by atoms with E-state index in [1.807, 2.05) is 7.11 Å². The Bertz CT molecular complexity index is 106. The molecule has 0 saturated heterocycles. The van der Waals surface area contributed by atoms with Crippen molar-refractivity contribution in [3.05, 3.63) is 0 Å². The molecule has 1 aliphatic rings. The quantitative estimate of drug-likeness (QED) is 0.628. The molecule has 0 bridgehead atoms. The van der Waals surface area contributed by atoms with E-state index in [1.54, 1.807) is 0 Å². The standard InChI is InChI=1S/C11H22O/c1-10(12-2)8-9-11-6-4-3-5-7-11/h10-11H,3-9H2,1-2H3. The SMILES string of the molecule is COC(C)CCC1CCCCC1. The third-order valence-corrected chi connectivity index (χ3v) is 3.11. The molecule has 1 unspecified atom stereocenters. The summed E-state index contributed by atoms with van der Waals surface area (Å²) in [6, 6.07) is 0. The lowest BCUT2D eigenvalue weighted by Gasteiger charge is -2.22. The van der Waals surface area contributed by atoms with Crippen LogP contribution in [-0.2, 0) is 4.74 Å². The molecule has 0 aromatic heterocycles. The molecular weight excluding hydrogens is 148 g/mol. The van der Waals surface area contributed by atoms with E-state index in [-0.39, 0.29) is 0 Å². The second kappa shape index (κ2) is 5.58. The van der Waals surface area contributed by atoms with Crippen molar-refractivity contribution < 1.29 is 4.74 Å². The normalized spacial score (nSPS) is 22.5. The second-order valence-corrected chi connectivity index (χ2v) is 4.13. The summed E-state index contributed by atoms with van der Waals surface area (Å²) >= 11 is 0. The highest BCUT2D eigenvalue weighted by molar-refractivity contribution is 4.66. The molecule has 72 valence electrons. The highest BCUT2D eigenvalue weighted by Gasteiger charge is 2.13. The fourth-order valence-corrected chi connectivity index (χ4v) is 2.06. The number of hydrogen-bond donors (Lipinski definition) is 0. The Balaban J connectivity index is 2.05. The van der Waals surface area contributed by atoms with E-state index in [4.69, 9.17) is 4.74 Å². The zero-order valence-corrected chi connectivity index (χ0v) is 8.51. The van der Waals surface area contributed by atoms with Crippen molar-refractivity contribution in [2.45, 2.75) is 58.0 Å². The summed E-state index contributed by atoms with van der Waals surface area (Å²) in [7, 11) is 1.81. The Kier molecular flexibility index (Phi) is 4.67. The van der Waals surface area contributed by atoms with Crippen molar-refractivity contribution in [3.63, 3.8) is 0 Å². The largest absolute Gasteiger partial charge is 0.382 e. The average Bonchev–Trinajstić information content (AvgIpc) is 2.16. The molecule has 1 nitrogen and oxygen atoms in total. The molecule has 0 amide bonds. The van der Waals surface area contributed by atoms with Gasteiger partial charge < -0.3 is 4.74 Å². The molecule has 1 rings (SSSR count). The van der Waals surface area contributed by atoms with Gasteiger partial charge in [-0.15, -0.1) is 0 Å². The number of methoxy groups -OCH3 is 1. The maximum Gasteiger partial charge on any atom is 0.0543 e. The van der Waals surface area contributed by atoms with Crippen molar-refractivity contribution in [1.29, 1.82) is 0 Å². The minimum absolute atomic E-state index is 0.465. The number of rotatable bonds is 4. The lowest BCUT2D eigenvalue weighted by molar-refractivity contribution is 0.102. The van der Waals surface area contributed by atoms with E-state index < -0.39 is 0 Å². The van der Waals surface area contributed by atoms with Crippen molar-refractivity contribution in [1.82, 2.24) is 0 Å². The minimum Gasteiger partial charge on any atom is -0.382 e. The van der Waals surface area contributed by atoms with Gasteiger partial charge in [0, 0.05) is 7.11 Å². The van der Waals surface area contributed by atoms with Crippen molar-refractivity contribution in [3.8, 4) is 0 Å². The maximum absolute atomic E-state index is 5.24. The van der Waals surface area contributed by atoms with Gasteiger partial charge in [0.2, 0.25) is 0 Å². The summed E-state index contributed by atoms with van der Waals surface area (Å²) in [5.41, 5.74) is 0. The minimum atomic E-state index is 0.465. The Labute approximate surface area is 76.5 Å². The molecule has 0 radical (unpaired) electrons. The zero-order chi connectivity index (χ0) is 8.81. The molecule has 0 N–H and O–H groups in total. The molecule has 1 heteroatoms. The molecule has 1 fully saturated rings. The van der Waals surface area contributed by atoms with E-state index in [0.29, 0.717) is 6.10 Å². The Morgan fingerprint density at radius 3 is 2.50 bits per heavy atom. The van der Waals surface area contributed by atoms with Gasteiger partial charge in [-0.05, 0) is 25.7 Å². The predicted octanol–water partition coefficient (Wildman–Crippen LogP) is 3.38. The van der Waals surface area contributed by atoms with Crippen molar-refractivity contribution in [2.24, 2.45) is 5.92 Å². The summed E-state index contributed by atoms with van der Waals surface area (Å²) in [5.74, 6) is 1.01. The van der Waals surface area contributed by atoms with E-state index in [0.717, 1.165) is 5.92 Å². The van der Waals surface area contributed by atoms with Crippen LogP contribution in [0.1, 0.15) is 51.9 Å². The van der Waals surface area contributed by atoms with E-state index >= 15 is 0 Å². The second-order valence-electron chi connectivity index (χ2n) is 4.13. The van der Waals surface area contributed by atoms with Crippen LogP contribution in [0.15, 0.2) is 0 Å². The first kappa shape index (κ1) is 10.0. The number of hydrogen-bond acceptors (Lipinski definition) is 1. The Hall–Kier alpha value is -0.0400. The van der Waals surface area contributed by atoms with Crippen LogP contribution in [0.3, 0.4) is 0 Å². The topological polar surface area (TPSA) is 9.23 Å². The molecule has 0 aromatic rings. The van der Waals surface area contributed by atoms with Crippen molar-refractivity contribution in [2.75, 3.05) is 7.11 Å². The van der Waals surface area contributed by atoms with E-state index in [9.17, 15) is 0 Å². The predicted molar refractivity (Wildman–Crippen MR) is 52.3 cm³/mol. The average molecular weight is 170 g/mol. The molecule has 0 heterocycles. The van der Waals surface area contributed by atoms with Gasteiger partial charge in [-0.1, -0.05) is 32.1 Å². The van der Waals surface area contributed by atoms with Crippen LogP contribution < -0.4 is 0 Å². The highest BCUT2D eigenvalue weighted by atomic mass is 16.5. The molecule has 0 aromatic carbocycles. The first-order valence-corrected chi connectivity index (χ1v) is 5.35. The summed E-state index contributed by atoms with van der Waals surface area (Å²) < 4.78 is 5.24. The number of ether oxygens (including phenoxy) is 1. The molecule has 1 saturated carbocycles. The zero-order valence-electron chi connectivity index (χ0n) is 8.51. The lowest BCUT2D eigenvalue weighted by Crippen LogP contribution is -2.11. The molecule has 1 aliphatic carbocycles. The van der Waals surface area contributed by atoms with Crippen LogP contribution in [0.5, 0.6) is 0 Å². The van der Waals surface area contributed by atoms with Crippen LogP contribution in [0.25, 0.3) is 0 Å². The van der Waals surface area contributed by atoms with E-state index in [1.165, 1.54) is 44.9 Å². The smallest absolute Gasteiger partial charge is 0.0543 e. The summed E-state index contributed by atoms with van der Waals surface area (Å²) in [6.45, 7) is 2.17. The summed E-state index contributed by atoms with van der Waals surface area (Å²) in [4.78, 5) is 0. The third-order valence-electron chi connectivity index (χ3n) is 3.11. The van der Waals surface area contributed by atoms with Crippen LogP contribution in [-0.4, -0.2) is 13.2 Å². The Morgan fingerprint density at radius 1 is 1.25 bits per heavy atom. The van der Waals surface area contributed by atoms with Gasteiger partial charge in [-0.3, -0.25) is 0 Å². The molecule has 12 heavy (non-hydrogen) atoms. The van der Waals surface area contributed by atoms with Gasteiger partial charge in [0.1, 0.15) is 0 Å². The molecule has 0 aliphatic heterocycles. The molecular formula is C11H22O. The highest BCUT2D eigenvalue weighted by Crippen LogP contribution is 2.27. The molecule has 1 atom stereocenters. The van der Waals surface area contributed by atoms with Gasteiger partial charge in [-0.25, -0.2) is 0 Å². The monoisotopic (exact) mass is 170 g/mol. The van der Waals surface area contributed by atoms with Gasteiger partial charge >= 0.3 is 0 Å². The first-order chi connectivity index (χ1) is 5.83. The van der Waals surface area contributed by atoms with Crippen LogP contribution >= 0.6 is 0 Å². The van der Waals surface area contributed by atoms with Crippen LogP contribution in [0, 0.1) is 5.92 Å². The van der Waals surface area contributed by atoms with E-state index in [2.05, 4.69) is 6.92 Å². The van der Waals surface area contributed by atoms with Crippen LogP contribution in [0.2, 0.25) is 0 Å². The molecule has 0 spiro atoms. The van der Waals surface area contributed by atoms with Gasteiger partial charge in [-0.2, -0.15) is 0 Å². The lowest BCUT2D eigenvalue weighted by atomic mass is 9.85. The van der Waals surface area contributed by atoms with Crippen molar-refractivity contribution >= 4 is 0 Å².